The standard InChI is InChI=1S/C7H16O3P2/c1-4-5(8)7(2,3)6(9-11)10-12/h6H,4,11-12H2,1-3H3. The average molecular weight is 210 g/mol. The molecule has 0 spiro atoms. The number of rotatable bonds is 5. The van der Waals surface area contributed by atoms with Crippen molar-refractivity contribution in [3.63, 3.8) is 0 Å². The van der Waals surface area contributed by atoms with E-state index in [4.69, 9.17) is 9.05 Å². The average Bonchev–Trinajstić information content (AvgIpc) is 2.04. The summed E-state index contributed by atoms with van der Waals surface area (Å²) in [5.74, 6) is 0.123. The van der Waals surface area contributed by atoms with Crippen LogP contribution in [0.3, 0.4) is 0 Å². The van der Waals surface area contributed by atoms with Gasteiger partial charge in [-0.3, -0.25) is 4.79 Å². The molecule has 0 heterocycles. The van der Waals surface area contributed by atoms with Crippen LogP contribution in [0.2, 0.25) is 0 Å². The van der Waals surface area contributed by atoms with E-state index in [1.165, 1.54) is 0 Å². The third kappa shape index (κ3) is 2.74. The molecule has 3 nitrogen and oxygen atoms in total. The molecular formula is C7H16O3P2. The van der Waals surface area contributed by atoms with Gasteiger partial charge in [0.2, 0.25) is 0 Å². The topological polar surface area (TPSA) is 35.5 Å². The molecule has 0 fully saturated rings. The maximum atomic E-state index is 11.4. The van der Waals surface area contributed by atoms with Crippen molar-refractivity contribution in [1.82, 2.24) is 0 Å². The highest BCUT2D eigenvalue weighted by molar-refractivity contribution is 7.10. The van der Waals surface area contributed by atoms with Gasteiger partial charge in [0, 0.05) is 25.4 Å². The first-order valence-corrected chi connectivity index (χ1v) is 4.69. The molecule has 0 bridgehead atoms. The Morgan fingerprint density at radius 2 is 1.83 bits per heavy atom. The summed E-state index contributed by atoms with van der Waals surface area (Å²) in [7, 11) is 4.20. The second-order valence-electron chi connectivity index (χ2n) is 3.10. The summed E-state index contributed by atoms with van der Waals surface area (Å²) in [6, 6.07) is 0. The van der Waals surface area contributed by atoms with Gasteiger partial charge in [0.1, 0.15) is 5.78 Å². The molecule has 0 radical (unpaired) electrons. The first kappa shape index (κ1) is 12.4. The van der Waals surface area contributed by atoms with E-state index in [1.807, 2.05) is 6.92 Å². The third-order valence-electron chi connectivity index (χ3n) is 1.88. The van der Waals surface area contributed by atoms with Crippen molar-refractivity contribution in [2.45, 2.75) is 33.5 Å². The van der Waals surface area contributed by atoms with Gasteiger partial charge in [-0.15, -0.1) is 0 Å². The summed E-state index contributed by atoms with van der Waals surface area (Å²) < 4.78 is 9.88. The fourth-order valence-electron chi connectivity index (χ4n) is 0.959. The molecule has 72 valence electrons. The van der Waals surface area contributed by atoms with E-state index in [2.05, 4.69) is 18.9 Å². The Labute approximate surface area is 78.2 Å². The maximum absolute atomic E-state index is 11.4. The number of carbonyl (C=O) groups is 1. The lowest BCUT2D eigenvalue weighted by Crippen LogP contribution is -2.37. The Bertz CT molecular complexity index is 155. The van der Waals surface area contributed by atoms with E-state index in [0.717, 1.165) is 0 Å². The lowest BCUT2D eigenvalue weighted by molar-refractivity contribution is -0.141. The van der Waals surface area contributed by atoms with E-state index in [1.54, 1.807) is 13.8 Å². The van der Waals surface area contributed by atoms with Crippen LogP contribution in [0.5, 0.6) is 0 Å². The highest BCUT2D eigenvalue weighted by Gasteiger charge is 2.36. The zero-order valence-corrected chi connectivity index (χ0v) is 9.97. The van der Waals surface area contributed by atoms with Crippen molar-refractivity contribution in [2.75, 3.05) is 0 Å². The zero-order valence-electron chi connectivity index (χ0n) is 7.66. The third-order valence-corrected chi connectivity index (χ3v) is 2.37. The van der Waals surface area contributed by atoms with Crippen molar-refractivity contribution in [3.8, 4) is 0 Å². The van der Waals surface area contributed by atoms with Gasteiger partial charge in [-0.2, -0.15) is 0 Å². The van der Waals surface area contributed by atoms with Crippen LogP contribution in [-0.4, -0.2) is 12.1 Å². The predicted octanol–water partition coefficient (Wildman–Crippen LogP) is 1.93. The lowest BCUT2D eigenvalue weighted by Gasteiger charge is -2.29. The number of carbonyl (C=O) groups excluding carboxylic acids is 1. The highest BCUT2D eigenvalue weighted by Crippen LogP contribution is 2.29. The molecule has 0 saturated carbocycles. The Morgan fingerprint density at radius 3 is 2.08 bits per heavy atom. The zero-order chi connectivity index (χ0) is 9.78. The van der Waals surface area contributed by atoms with E-state index < -0.39 is 11.7 Å². The molecule has 0 aromatic rings. The van der Waals surface area contributed by atoms with Crippen molar-refractivity contribution in [2.24, 2.45) is 5.41 Å². The predicted molar refractivity (Wildman–Crippen MR) is 54.5 cm³/mol. The van der Waals surface area contributed by atoms with Crippen molar-refractivity contribution in [1.29, 1.82) is 0 Å². The summed E-state index contributed by atoms with van der Waals surface area (Å²) in [5, 5.41) is 0. The number of ketones is 1. The summed E-state index contributed by atoms with van der Waals surface area (Å²) in [6.45, 7) is 5.43. The van der Waals surface area contributed by atoms with E-state index in [0.29, 0.717) is 6.42 Å². The second kappa shape index (κ2) is 5.24. The maximum Gasteiger partial charge on any atom is 0.175 e. The minimum Gasteiger partial charge on any atom is -0.335 e. The number of Topliss-reactive ketones (excluding diaryl/α,β-unsaturated/α-hetero) is 1. The van der Waals surface area contributed by atoms with E-state index in [9.17, 15) is 4.79 Å². The Balaban J connectivity index is 4.44. The fraction of sp³-hybridized carbons (Fsp3) is 0.857. The van der Waals surface area contributed by atoms with Crippen LogP contribution in [0, 0.1) is 5.41 Å². The molecule has 0 saturated heterocycles. The van der Waals surface area contributed by atoms with Gasteiger partial charge in [0.15, 0.2) is 6.29 Å². The molecule has 2 unspecified atom stereocenters. The molecule has 0 rings (SSSR count). The number of hydrogen-bond donors (Lipinski definition) is 0. The van der Waals surface area contributed by atoms with Gasteiger partial charge in [0.05, 0.1) is 5.41 Å². The summed E-state index contributed by atoms with van der Waals surface area (Å²) in [5.41, 5.74) is -0.599. The largest absolute Gasteiger partial charge is 0.335 e. The quantitative estimate of drug-likeness (QED) is 0.513. The molecular weight excluding hydrogens is 194 g/mol. The van der Waals surface area contributed by atoms with Crippen LogP contribution >= 0.6 is 18.9 Å². The minimum absolute atomic E-state index is 0.123. The van der Waals surface area contributed by atoms with Gasteiger partial charge in [-0.1, -0.05) is 6.92 Å². The second-order valence-corrected chi connectivity index (χ2v) is 3.65. The molecule has 5 heteroatoms. The molecule has 0 aliphatic heterocycles. The summed E-state index contributed by atoms with van der Waals surface area (Å²) >= 11 is 0. The normalized spacial score (nSPS) is 12.2. The monoisotopic (exact) mass is 210 g/mol. The Kier molecular flexibility index (Phi) is 5.43. The first-order chi connectivity index (χ1) is 5.50. The van der Waals surface area contributed by atoms with E-state index in [-0.39, 0.29) is 5.78 Å². The van der Waals surface area contributed by atoms with E-state index >= 15 is 0 Å². The molecule has 12 heavy (non-hydrogen) atoms. The minimum atomic E-state index is -0.599. The molecule has 2 atom stereocenters. The molecule has 0 aromatic carbocycles. The number of hydrogen-bond acceptors (Lipinski definition) is 3. The molecule has 0 aliphatic carbocycles. The van der Waals surface area contributed by atoms with Crippen molar-refractivity contribution < 1.29 is 13.8 Å². The van der Waals surface area contributed by atoms with Gasteiger partial charge in [0.25, 0.3) is 0 Å². The van der Waals surface area contributed by atoms with Crippen molar-refractivity contribution in [3.05, 3.63) is 0 Å². The van der Waals surface area contributed by atoms with Gasteiger partial charge < -0.3 is 9.05 Å². The van der Waals surface area contributed by atoms with Crippen molar-refractivity contribution >= 4 is 24.7 Å². The Hall–Kier alpha value is 0.450. The van der Waals surface area contributed by atoms with Gasteiger partial charge in [-0.05, 0) is 13.8 Å². The summed E-state index contributed by atoms with van der Waals surface area (Å²) in [4.78, 5) is 11.4. The Morgan fingerprint density at radius 1 is 1.42 bits per heavy atom. The van der Waals surface area contributed by atoms with Gasteiger partial charge in [-0.25, -0.2) is 0 Å². The SMILES string of the molecule is CCC(=O)C(C)(C)C(OP)OP. The highest BCUT2D eigenvalue weighted by atomic mass is 31.0. The fourth-order valence-corrected chi connectivity index (χ4v) is 1.90. The van der Waals surface area contributed by atoms with Gasteiger partial charge >= 0.3 is 0 Å². The molecule has 0 aliphatic rings. The summed E-state index contributed by atoms with van der Waals surface area (Å²) in [6.07, 6.45) is -0.0362. The molecule has 0 N–H and O–H groups in total. The van der Waals surface area contributed by atoms with Crippen LogP contribution in [-0.2, 0) is 13.8 Å². The van der Waals surface area contributed by atoms with Crippen LogP contribution in [0.15, 0.2) is 0 Å². The van der Waals surface area contributed by atoms with Crippen LogP contribution in [0.1, 0.15) is 27.2 Å². The molecule has 0 amide bonds. The van der Waals surface area contributed by atoms with Crippen LogP contribution in [0.25, 0.3) is 0 Å². The van der Waals surface area contributed by atoms with Crippen LogP contribution in [0.4, 0.5) is 0 Å². The smallest absolute Gasteiger partial charge is 0.175 e. The first-order valence-electron chi connectivity index (χ1n) is 3.75. The lowest BCUT2D eigenvalue weighted by atomic mass is 9.86. The van der Waals surface area contributed by atoms with Crippen LogP contribution < -0.4 is 0 Å². The molecule has 0 aromatic heterocycles.